The van der Waals surface area contributed by atoms with E-state index in [1.165, 1.54) is 4.90 Å². The Morgan fingerprint density at radius 1 is 1.30 bits per heavy atom. The molecule has 1 fully saturated rings. The Bertz CT molecular complexity index is 923. The number of hydrogen-bond donors (Lipinski definition) is 4. The van der Waals surface area contributed by atoms with Gasteiger partial charge in [-0.3, -0.25) is 9.59 Å². The van der Waals surface area contributed by atoms with Gasteiger partial charge in [0.1, 0.15) is 12.1 Å². The van der Waals surface area contributed by atoms with Crippen molar-refractivity contribution in [3.8, 4) is 0 Å². The van der Waals surface area contributed by atoms with E-state index in [2.05, 4.69) is 10.3 Å². The van der Waals surface area contributed by atoms with Gasteiger partial charge in [-0.1, -0.05) is 32.0 Å². The minimum atomic E-state index is -1.07. The average molecular weight is 415 g/mol. The molecule has 30 heavy (non-hydrogen) atoms. The summed E-state index contributed by atoms with van der Waals surface area (Å²) < 4.78 is 0. The van der Waals surface area contributed by atoms with Crippen molar-refractivity contribution < 1.29 is 19.5 Å². The second-order valence-corrected chi connectivity index (χ2v) is 8.39. The first-order valence-corrected chi connectivity index (χ1v) is 10.4. The highest BCUT2D eigenvalue weighted by Crippen LogP contribution is 2.22. The summed E-state index contributed by atoms with van der Waals surface area (Å²) in [6.45, 7) is 4.24. The summed E-state index contributed by atoms with van der Waals surface area (Å²) in [4.78, 5) is 41.9. The van der Waals surface area contributed by atoms with Gasteiger partial charge in [0, 0.05) is 23.6 Å². The molecule has 1 aromatic heterocycles. The molecule has 3 rings (SSSR count). The number of fused-ring (bicyclic) bond motifs is 1. The number of benzene rings is 1. The van der Waals surface area contributed by atoms with E-state index in [1.807, 2.05) is 44.3 Å². The minimum absolute atomic E-state index is 0.123. The molecule has 1 aromatic carbocycles. The predicted octanol–water partition coefficient (Wildman–Crippen LogP) is 1.64. The summed E-state index contributed by atoms with van der Waals surface area (Å²) in [5.41, 5.74) is 8.16. The number of nitrogens with two attached hydrogens (primary N) is 1. The van der Waals surface area contributed by atoms with Gasteiger partial charge in [-0.2, -0.15) is 0 Å². The van der Waals surface area contributed by atoms with E-state index in [9.17, 15) is 19.5 Å². The maximum Gasteiger partial charge on any atom is 0.326 e. The molecule has 0 saturated carbocycles. The molecule has 8 heteroatoms. The van der Waals surface area contributed by atoms with E-state index < -0.39 is 30.0 Å². The first-order valence-electron chi connectivity index (χ1n) is 10.4. The number of carboxylic acid groups (broad SMARTS) is 1. The van der Waals surface area contributed by atoms with Crippen LogP contribution in [0.4, 0.5) is 0 Å². The van der Waals surface area contributed by atoms with Gasteiger partial charge in [-0.25, -0.2) is 4.79 Å². The van der Waals surface area contributed by atoms with Crippen molar-refractivity contribution in [2.45, 2.75) is 57.7 Å². The van der Waals surface area contributed by atoms with Gasteiger partial charge in [-0.15, -0.1) is 0 Å². The number of H-pyrrole nitrogens is 1. The summed E-state index contributed by atoms with van der Waals surface area (Å²) >= 11 is 0. The zero-order chi connectivity index (χ0) is 21.8. The molecule has 2 amide bonds. The smallest absolute Gasteiger partial charge is 0.326 e. The van der Waals surface area contributed by atoms with Crippen molar-refractivity contribution in [1.82, 2.24) is 15.2 Å². The van der Waals surface area contributed by atoms with Crippen LogP contribution in [0.3, 0.4) is 0 Å². The van der Waals surface area contributed by atoms with Crippen molar-refractivity contribution in [3.05, 3.63) is 36.0 Å². The van der Waals surface area contributed by atoms with Crippen molar-refractivity contribution in [3.63, 3.8) is 0 Å². The Labute approximate surface area is 175 Å². The van der Waals surface area contributed by atoms with Crippen LogP contribution in [0.15, 0.2) is 30.5 Å². The molecule has 5 N–H and O–H groups in total. The van der Waals surface area contributed by atoms with Crippen LogP contribution in [-0.4, -0.2) is 57.4 Å². The normalized spacial score (nSPS) is 18.5. The van der Waals surface area contributed by atoms with Crippen LogP contribution >= 0.6 is 0 Å². The lowest BCUT2D eigenvalue weighted by molar-refractivity contribution is -0.144. The van der Waals surface area contributed by atoms with Gasteiger partial charge in [-0.05, 0) is 43.2 Å². The molecular formula is C22H30N4O4. The number of nitrogens with zero attached hydrogens (tertiary/aromatic N) is 1. The summed E-state index contributed by atoms with van der Waals surface area (Å²) in [5.74, 6) is -1.65. The first kappa shape index (κ1) is 21.8. The van der Waals surface area contributed by atoms with Gasteiger partial charge in [0.25, 0.3) is 0 Å². The highest BCUT2D eigenvalue weighted by molar-refractivity contribution is 5.93. The third-order valence-corrected chi connectivity index (χ3v) is 5.59. The molecule has 1 aliphatic heterocycles. The van der Waals surface area contributed by atoms with Crippen molar-refractivity contribution in [1.29, 1.82) is 0 Å². The quantitative estimate of drug-likeness (QED) is 0.522. The maximum absolute atomic E-state index is 13.0. The molecule has 8 nitrogen and oxygen atoms in total. The second-order valence-electron chi connectivity index (χ2n) is 8.39. The Morgan fingerprint density at radius 2 is 2.03 bits per heavy atom. The Balaban J connectivity index is 1.67. The zero-order valence-corrected chi connectivity index (χ0v) is 17.4. The van der Waals surface area contributed by atoms with E-state index >= 15 is 0 Å². The highest BCUT2D eigenvalue weighted by Gasteiger charge is 2.37. The number of hydrogen-bond acceptors (Lipinski definition) is 4. The predicted molar refractivity (Wildman–Crippen MR) is 114 cm³/mol. The van der Waals surface area contributed by atoms with Gasteiger partial charge >= 0.3 is 5.97 Å². The number of aromatic nitrogens is 1. The number of rotatable bonds is 8. The van der Waals surface area contributed by atoms with E-state index in [-0.39, 0.29) is 11.8 Å². The molecule has 0 radical (unpaired) electrons. The lowest BCUT2D eigenvalue weighted by Gasteiger charge is -2.28. The summed E-state index contributed by atoms with van der Waals surface area (Å²) in [6.07, 6.45) is 3.74. The molecular weight excluding hydrogens is 384 g/mol. The molecule has 0 aliphatic carbocycles. The number of amides is 2. The van der Waals surface area contributed by atoms with Crippen LogP contribution in [0.1, 0.15) is 38.7 Å². The standard InChI is InChI=1S/C22H30N4O4/c1-13(2)10-18(22(29)30)25-20(27)19-8-5-9-26(19)21(28)16(23)11-14-12-24-17-7-4-3-6-15(14)17/h3-4,6-7,12-13,16,18-19,24H,5,8-11,23H2,1-2H3,(H,25,27)(H,29,30). The fourth-order valence-corrected chi connectivity index (χ4v) is 4.10. The molecule has 0 bridgehead atoms. The monoisotopic (exact) mass is 414 g/mol. The molecule has 162 valence electrons. The number of para-hydroxylation sites is 1. The number of aliphatic carboxylic acids is 1. The number of carboxylic acids is 1. The fourth-order valence-electron chi connectivity index (χ4n) is 4.10. The van der Waals surface area contributed by atoms with Crippen LogP contribution in [0.5, 0.6) is 0 Å². The van der Waals surface area contributed by atoms with E-state index in [0.29, 0.717) is 32.2 Å². The van der Waals surface area contributed by atoms with E-state index in [4.69, 9.17) is 5.73 Å². The van der Waals surface area contributed by atoms with Gasteiger partial charge in [0.15, 0.2) is 0 Å². The average Bonchev–Trinajstić information content (AvgIpc) is 3.34. The SMILES string of the molecule is CC(C)CC(NC(=O)C1CCCN1C(=O)C(N)Cc1c[nH]c2ccccc12)C(=O)O. The van der Waals surface area contributed by atoms with Gasteiger partial charge in [0.05, 0.1) is 6.04 Å². The van der Waals surface area contributed by atoms with Crippen molar-refractivity contribution in [2.24, 2.45) is 11.7 Å². The topological polar surface area (TPSA) is 129 Å². The molecule has 0 spiro atoms. The minimum Gasteiger partial charge on any atom is -0.480 e. The Morgan fingerprint density at radius 3 is 2.73 bits per heavy atom. The molecule has 3 atom stereocenters. The number of nitrogens with one attached hydrogen (secondary N) is 2. The second kappa shape index (κ2) is 9.30. The van der Waals surface area contributed by atoms with E-state index in [1.54, 1.807) is 0 Å². The maximum atomic E-state index is 13.0. The van der Waals surface area contributed by atoms with Crippen LogP contribution in [-0.2, 0) is 20.8 Å². The summed E-state index contributed by atoms with van der Waals surface area (Å²) in [7, 11) is 0. The highest BCUT2D eigenvalue weighted by atomic mass is 16.4. The largest absolute Gasteiger partial charge is 0.480 e. The summed E-state index contributed by atoms with van der Waals surface area (Å²) in [5, 5.41) is 13.0. The summed E-state index contributed by atoms with van der Waals surface area (Å²) in [6, 6.07) is 5.39. The van der Waals surface area contributed by atoms with Crippen LogP contribution < -0.4 is 11.1 Å². The Hall–Kier alpha value is -2.87. The zero-order valence-electron chi connectivity index (χ0n) is 17.4. The molecule has 1 aliphatic rings. The fraction of sp³-hybridized carbons (Fsp3) is 0.500. The van der Waals surface area contributed by atoms with Gasteiger partial charge in [0.2, 0.25) is 11.8 Å². The van der Waals surface area contributed by atoms with Crippen LogP contribution in [0.2, 0.25) is 0 Å². The molecule has 3 unspecified atom stereocenters. The lowest BCUT2D eigenvalue weighted by Crippen LogP contribution is -2.54. The van der Waals surface area contributed by atoms with Crippen LogP contribution in [0.25, 0.3) is 10.9 Å². The number of likely N-dealkylation sites (tertiary alicyclic amines) is 1. The third-order valence-electron chi connectivity index (χ3n) is 5.59. The van der Waals surface area contributed by atoms with Crippen molar-refractivity contribution >= 4 is 28.7 Å². The lowest BCUT2D eigenvalue weighted by atomic mass is 10.0. The van der Waals surface area contributed by atoms with Gasteiger partial charge < -0.3 is 26.0 Å². The molecule has 2 aromatic rings. The van der Waals surface area contributed by atoms with Crippen molar-refractivity contribution in [2.75, 3.05) is 6.54 Å². The molecule has 2 heterocycles. The third kappa shape index (κ3) is 4.81. The first-order chi connectivity index (χ1) is 14.3. The Kier molecular flexibility index (Phi) is 6.77. The molecule has 1 saturated heterocycles. The number of aromatic amines is 1. The van der Waals surface area contributed by atoms with E-state index in [0.717, 1.165) is 16.5 Å². The van der Waals surface area contributed by atoms with Crippen LogP contribution in [0, 0.1) is 5.92 Å². The number of carbonyl (C=O) groups is 3. The number of carbonyl (C=O) groups excluding carboxylic acids is 2.